The summed E-state index contributed by atoms with van der Waals surface area (Å²) in [7, 11) is 0. The molecule has 4 rings (SSSR count). The minimum atomic E-state index is 0.549. The van der Waals surface area contributed by atoms with Gasteiger partial charge in [0.1, 0.15) is 0 Å². The Bertz CT molecular complexity index is 514. The molecule has 8 atom stereocenters. The summed E-state index contributed by atoms with van der Waals surface area (Å²) in [6.45, 7) is 19.3. The van der Waals surface area contributed by atoms with Gasteiger partial charge in [-0.3, -0.25) is 0 Å². The van der Waals surface area contributed by atoms with Crippen LogP contribution in [0.25, 0.3) is 0 Å². The van der Waals surface area contributed by atoms with Gasteiger partial charge in [0.05, 0.1) is 0 Å². The highest BCUT2D eigenvalue weighted by atomic mass is 14.7. The van der Waals surface area contributed by atoms with Gasteiger partial charge in [-0.25, -0.2) is 0 Å². The molecule has 144 valence electrons. The predicted octanol–water partition coefficient (Wildman–Crippen LogP) is 7.74. The zero-order valence-electron chi connectivity index (χ0n) is 18.4. The molecule has 3 saturated carbocycles. The highest BCUT2D eigenvalue weighted by Gasteiger charge is 2.63. The first kappa shape index (κ1) is 19.5. The van der Waals surface area contributed by atoms with Crippen LogP contribution in [-0.4, -0.2) is 0 Å². The molecule has 0 nitrogen and oxygen atoms in total. The van der Waals surface area contributed by atoms with Crippen molar-refractivity contribution in [3.63, 3.8) is 0 Å². The van der Waals surface area contributed by atoms with E-state index in [1.165, 1.54) is 38.5 Å². The summed E-state index contributed by atoms with van der Waals surface area (Å²) in [4.78, 5) is 0. The number of hydrogen-bond acceptors (Lipinski definition) is 0. The lowest BCUT2D eigenvalue weighted by Gasteiger charge is -2.49. The summed E-state index contributed by atoms with van der Waals surface area (Å²) >= 11 is 0. The van der Waals surface area contributed by atoms with E-state index >= 15 is 0 Å². The van der Waals surface area contributed by atoms with Crippen LogP contribution in [0.5, 0.6) is 0 Å². The lowest BCUT2D eigenvalue weighted by atomic mass is 9.55. The minimum absolute atomic E-state index is 0.549. The predicted molar refractivity (Wildman–Crippen MR) is 110 cm³/mol. The van der Waals surface area contributed by atoms with Crippen LogP contribution < -0.4 is 0 Å². The highest BCUT2D eigenvalue weighted by Crippen LogP contribution is 2.71. The second-order valence-electron chi connectivity index (χ2n) is 10.8. The van der Waals surface area contributed by atoms with Crippen molar-refractivity contribution >= 4 is 0 Å². The Labute approximate surface area is 158 Å². The second kappa shape index (κ2) is 6.72. The fourth-order valence-electron chi connectivity index (χ4n) is 8.45. The van der Waals surface area contributed by atoms with Crippen molar-refractivity contribution in [1.82, 2.24) is 0 Å². The van der Waals surface area contributed by atoms with Crippen LogP contribution in [0.3, 0.4) is 0 Å². The number of hydrogen-bond donors (Lipinski definition) is 0. The van der Waals surface area contributed by atoms with E-state index in [9.17, 15) is 0 Å². The van der Waals surface area contributed by atoms with Gasteiger partial charge in [-0.15, -0.1) is 0 Å². The highest BCUT2D eigenvalue weighted by molar-refractivity contribution is 5.26. The molecule has 0 aliphatic heterocycles. The van der Waals surface area contributed by atoms with Gasteiger partial charge >= 0.3 is 0 Å². The minimum Gasteiger partial charge on any atom is -0.0845 e. The first-order valence-corrected chi connectivity index (χ1v) is 11.5. The third-order valence-corrected chi connectivity index (χ3v) is 9.17. The molecule has 3 fully saturated rings. The van der Waals surface area contributed by atoms with Crippen molar-refractivity contribution in [2.45, 2.75) is 93.9 Å². The van der Waals surface area contributed by atoms with Crippen molar-refractivity contribution in [2.24, 2.45) is 52.3 Å². The Morgan fingerprint density at radius 3 is 2.40 bits per heavy atom. The van der Waals surface area contributed by atoms with E-state index in [0.717, 1.165) is 41.4 Å². The standard InChI is InChI=1S/C23H38.C2H6/c1-14(2)21-16(4)12-19-18-8-7-17-11-15(3)9-10-22(17,5)20(18)13-23(19,21)6;1-2/h7,14-16,18-21H,8-13H2,1-6H3;1-2H3. The summed E-state index contributed by atoms with van der Waals surface area (Å²) in [6, 6.07) is 0. The summed E-state index contributed by atoms with van der Waals surface area (Å²) in [6.07, 6.45) is 11.5. The molecule has 8 unspecified atom stereocenters. The van der Waals surface area contributed by atoms with E-state index in [0.29, 0.717) is 10.8 Å². The van der Waals surface area contributed by atoms with Crippen LogP contribution in [0.1, 0.15) is 93.9 Å². The van der Waals surface area contributed by atoms with Crippen molar-refractivity contribution in [3.05, 3.63) is 11.6 Å². The van der Waals surface area contributed by atoms with Crippen LogP contribution in [0.15, 0.2) is 11.6 Å². The maximum absolute atomic E-state index is 2.72. The van der Waals surface area contributed by atoms with Crippen molar-refractivity contribution in [2.75, 3.05) is 0 Å². The van der Waals surface area contributed by atoms with Crippen LogP contribution in [0.4, 0.5) is 0 Å². The molecule has 0 bridgehead atoms. The van der Waals surface area contributed by atoms with E-state index in [1.54, 1.807) is 0 Å². The lowest BCUT2D eigenvalue weighted by Crippen LogP contribution is -2.40. The van der Waals surface area contributed by atoms with E-state index in [-0.39, 0.29) is 0 Å². The summed E-state index contributed by atoms with van der Waals surface area (Å²) in [5.41, 5.74) is 3.03. The maximum Gasteiger partial charge on any atom is -0.00849 e. The molecular weight excluding hydrogens is 300 g/mol. The van der Waals surface area contributed by atoms with Crippen LogP contribution >= 0.6 is 0 Å². The van der Waals surface area contributed by atoms with Crippen molar-refractivity contribution in [1.29, 1.82) is 0 Å². The third kappa shape index (κ3) is 2.76. The molecule has 0 amide bonds. The molecule has 25 heavy (non-hydrogen) atoms. The molecule has 0 radical (unpaired) electrons. The van der Waals surface area contributed by atoms with Gasteiger partial charge in [0, 0.05) is 0 Å². The smallest absolute Gasteiger partial charge is 0.00849 e. The summed E-state index contributed by atoms with van der Waals surface area (Å²) < 4.78 is 0. The molecule has 4 aliphatic carbocycles. The quantitative estimate of drug-likeness (QED) is 0.427. The molecule has 0 aromatic rings. The molecule has 0 spiro atoms. The zero-order chi connectivity index (χ0) is 18.6. The Morgan fingerprint density at radius 2 is 1.76 bits per heavy atom. The largest absolute Gasteiger partial charge is 0.0845 e. The molecule has 0 N–H and O–H groups in total. The van der Waals surface area contributed by atoms with Crippen molar-refractivity contribution < 1.29 is 0 Å². The summed E-state index contributed by atoms with van der Waals surface area (Å²) in [5.74, 6) is 6.65. The van der Waals surface area contributed by atoms with Crippen molar-refractivity contribution in [3.8, 4) is 0 Å². The van der Waals surface area contributed by atoms with Crippen LogP contribution in [-0.2, 0) is 0 Å². The van der Waals surface area contributed by atoms with E-state index in [4.69, 9.17) is 0 Å². The molecule has 0 aromatic heterocycles. The third-order valence-electron chi connectivity index (χ3n) is 9.17. The van der Waals surface area contributed by atoms with Gasteiger partial charge in [-0.2, -0.15) is 0 Å². The Balaban J connectivity index is 0.000000880. The topological polar surface area (TPSA) is 0 Å². The SMILES string of the molecule is CC.CC1CCC2(C)C(=CCC3C2CC2(C)C3CC(C)C2C(C)C)C1. The van der Waals surface area contributed by atoms with E-state index in [1.807, 2.05) is 19.4 Å². The van der Waals surface area contributed by atoms with Gasteiger partial charge < -0.3 is 0 Å². The summed E-state index contributed by atoms with van der Waals surface area (Å²) in [5, 5.41) is 0. The molecule has 0 saturated heterocycles. The monoisotopic (exact) mass is 344 g/mol. The second-order valence-corrected chi connectivity index (χ2v) is 10.8. The van der Waals surface area contributed by atoms with Gasteiger partial charge in [-0.1, -0.05) is 67.0 Å². The molecule has 0 heteroatoms. The van der Waals surface area contributed by atoms with Gasteiger partial charge in [-0.05, 0) is 90.8 Å². The average Bonchev–Trinajstić information content (AvgIpc) is 2.98. The van der Waals surface area contributed by atoms with E-state index < -0.39 is 0 Å². The Morgan fingerprint density at radius 1 is 1.08 bits per heavy atom. The lowest BCUT2D eigenvalue weighted by molar-refractivity contribution is 0.0865. The van der Waals surface area contributed by atoms with E-state index in [2.05, 4.69) is 47.6 Å². The van der Waals surface area contributed by atoms with Gasteiger partial charge in [0.2, 0.25) is 0 Å². The fourth-order valence-corrected chi connectivity index (χ4v) is 8.45. The van der Waals surface area contributed by atoms with Gasteiger partial charge in [0.25, 0.3) is 0 Å². The normalized spacial score (nSPS) is 51.2. The molecule has 0 heterocycles. The van der Waals surface area contributed by atoms with Crippen LogP contribution in [0, 0.1) is 52.3 Å². The zero-order valence-corrected chi connectivity index (χ0v) is 18.4. The molecular formula is C25H44. The van der Waals surface area contributed by atoms with Crippen LogP contribution in [0.2, 0.25) is 0 Å². The Hall–Kier alpha value is -0.260. The number of rotatable bonds is 1. The first-order valence-electron chi connectivity index (χ1n) is 11.5. The van der Waals surface area contributed by atoms with Gasteiger partial charge in [0.15, 0.2) is 0 Å². The Kier molecular flexibility index (Phi) is 5.24. The molecule has 4 aliphatic rings. The average molecular weight is 345 g/mol. The molecule has 0 aromatic carbocycles. The number of allylic oxidation sites excluding steroid dienone is 2. The number of fused-ring (bicyclic) bond motifs is 5. The first-order chi connectivity index (χ1) is 11.8. The maximum atomic E-state index is 2.72. The fraction of sp³-hybridized carbons (Fsp3) is 0.920.